The van der Waals surface area contributed by atoms with E-state index in [1.807, 2.05) is 0 Å². The number of benzene rings is 2. The number of carbonyl (C=O) groups is 14. The van der Waals surface area contributed by atoms with Crippen LogP contribution in [-0.2, 0) is 86.4 Å². The number of amides is 13. The first kappa shape index (κ1) is 83.3. The van der Waals surface area contributed by atoms with Gasteiger partial charge in [0.05, 0.1) is 44.2 Å². The van der Waals surface area contributed by atoms with Gasteiger partial charge in [-0.1, -0.05) is 77.9 Å². The van der Waals surface area contributed by atoms with Gasteiger partial charge in [-0.05, 0) is 48.4 Å². The quantitative estimate of drug-likeness (QED) is 0.0241. The summed E-state index contributed by atoms with van der Waals surface area (Å²) in [5.41, 5.74) is 1.33. The minimum atomic E-state index is -1.80. The van der Waals surface area contributed by atoms with Gasteiger partial charge >= 0.3 is 5.97 Å². The molecule has 0 spiro atoms. The summed E-state index contributed by atoms with van der Waals surface area (Å²) in [6.07, 6.45) is 1.43. The second kappa shape index (κ2) is 43.4. The number of phenolic OH excluding ortho intramolecular Hbond substituents is 1. The maximum atomic E-state index is 15.1. The Morgan fingerprint density at radius 3 is 1.91 bits per heavy atom. The van der Waals surface area contributed by atoms with E-state index in [1.54, 1.807) is 49.1 Å². The van der Waals surface area contributed by atoms with E-state index in [4.69, 9.17) is 0 Å². The van der Waals surface area contributed by atoms with E-state index >= 15 is 4.79 Å². The van der Waals surface area contributed by atoms with E-state index in [9.17, 15) is 72.5 Å². The van der Waals surface area contributed by atoms with Gasteiger partial charge in [-0.2, -0.15) is 0 Å². The molecule has 0 aliphatic carbocycles. The predicted molar refractivity (Wildman–Crippen MR) is 342 cm³/mol. The average Bonchev–Trinajstić information content (AvgIpc) is 1.69. The predicted octanol–water partition coefficient (Wildman–Crippen LogP) is -4.38. The number of carboxylic acids is 1. The first-order valence-corrected chi connectivity index (χ1v) is 32.6. The van der Waals surface area contributed by atoms with Crippen LogP contribution in [0.2, 0.25) is 0 Å². The fraction of sp³-hybridized carbons (Fsp3) is 0.483. The third-order valence-electron chi connectivity index (χ3n) is 14.6. The van der Waals surface area contributed by atoms with Gasteiger partial charge in [-0.25, -0.2) is 4.98 Å². The molecule has 3 aromatic rings. The van der Waals surface area contributed by atoms with Crippen LogP contribution in [0.15, 0.2) is 67.1 Å². The molecule has 3 heterocycles. The monoisotopic (exact) mass is 1660 g/mol. The fourth-order valence-corrected chi connectivity index (χ4v) is 12.2. The Morgan fingerprint density at radius 1 is 0.698 bits per heavy atom. The number of nitrogens with zero attached hydrogens (tertiary/aromatic N) is 3. The van der Waals surface area contributed by atoms with Crippen molar-refractivity contribution in [3.05, 3.63) is 97.8 Å². The summed E-state index contributed by atoms with van der Waals surface area (Å²) in [4.78, 5) is 199. The first-order valence-electron chi connectivity index (χ1n) is 30.1. The summed E-state index contributed by atoms with van der Waals surface area (Å²) in [7, 11) is 3.35. The molecule has 5 rings (SSSR count). The SMILES string of the molecule is [CH2-]C(=O)NCCN(CCNC([CH2-])=O)CC(=O)NCC(=O)NCC(=O)N[C@@H](Cc1ccccc1)C(=O)NC(Cc1cnc[nH]1)C(=O)N[C@H]1CSSC[C@@H](C(=O)NC)NC(=O)[C@H](CC(C)C)NC(=O)[C@H](CC(=O)O)NC(=O)[C@H](Cc2ccc(O)cc2)NC(=O)[C@@H]2CCCN2C1=O.[Gd].[Gd]. The minimum Gasteiger partial charge on any atom is -0.508 e. The normalized spacial score (nSPS) is 19.3. The van der Waals surface area contributed by atoms with Crippen LogP contribution in [-0.4, -0.2) is 232 Å². The Labute approximate surface area is 626 Å². The number of fused-ring (bicyclic) bond motifs is 1. The molecule has 2 aromatic carbocycles. The number of aromatic nitrogens is 2. The zero-order chi connectivity index (χ0) is 68.9. The van der Waals surface area contributed by atoms with Gasteiger partial charge in [-0.15, -0.1) is 0 Å². The summed E-state index contributed by atoms with van der Waals surface area (Å²) in [6.45, 7) is 9.12. The number of nitrogens with one attached hydrogen (secondary N) is 13. The molecule has 8 atom stereocenters. The molecule has 0 saturated carbocycles. The third kappa shape index (κ3) is 29.8. The summed E-state index contributed by atoms with van der Waals surface area (Å²) < 4.78 is 0. The summed E-state index contributed by atoms with van der Waals surface area (Å²) >= 11 is 0. The standard InChI is InChI=1S/C60H82N16O16S2.2Gd/c1-34(2)22-41-54(86)73-46(53(85)61-5)31-93-94-32-47(60(92)76-19-9-12-48(76)59(91)72-43(24-38-13-15-40(79)16-14-38)56(88)71-45(26-52(83)84)58(90)69-41)74-57(89)44(25-39-27-62-33-67-39)70-55(87)42(23-37-10-7-6-8-11-37)68-50(81)29-65-49(80)28-66-51(82)30-75(20-17-63-35(3)77)21-18-64-36(4)78;;/h6-8,10-11,13-16,27,33-34,41-48,79H,3-4,9,12,17-26,28-32H2,1-2,5H3,(H,61,85)(H,62,67)(H,63,77)(H,64,78)(H,65,80)(H,66,82)(H,68,81)(H,69,90)(H,70,87)(H,71,88)(H,72,91)(H,73,86)(H,74,89)(H,83,84);;/q-2;;/t41-,42-,43-,44?,45-,46-,47-,48-;;/m0../s1. The number of carboxylic acid groups (broad SMARTS) is 1. The molecule has 13 amide bonds. The van der Waals surface area contributed by atoms with Gasteiger partial charge in [0.15, 0.2) is 0 Å². The van der Waals surface area contributed by atoms with Gasteiger partial charge in [0, 0.05) is 162 Å². The zero-order valence-corrected chi connectivity index (χ0v) is 59.1. The maximum absolute atomic E-state index is 15.1. The molecule has 2 aliphatic rings. The molecule has 32 nitrogen and oxygen atoms in total. The number of aromatic hydroxyl groups is 1. The fourth-order valence-electron chi connectivity index (χ4n) is 9.85. The third-order valence-corrected chi connectivity index (χ3v) is 17.0. The van der Waals surface area contributed by atoms with Crippen molar-refractivity contribution >= 4 is 104 Å². The molecule has 1 unspecified atom stereocenters. The van der Waals surface area contributed by atoms with Gasteiger partial charge < -0.3 is 107 Å². The van der Waals surface area contributed by atoms with Crippen LogP contribution in [0.3, 0.4) is 0 Å². The number of aliphatic carboxylic acids is 1. The Balaban J connectivity index is 0.0000120. The van der Waals surface area contributed by atoms with Crippen LogP contribution in [0.5, 0.6) is 5.75 Å². The number of rotatable bonds is 28. The Kier molecular flexibility index (Phi) is 37.6. The van der Waals surface area contributed by atoms with Crippen LogP contribution < -0.4 is 63.8 Å². The van der Waals surface area contributed by atoms with Crippen LogP contribution in [0.4, 0.5) is 0 Å². The van der Waals surface area contributed by atoms with Gasteiger partial charge in [0.1, 0.15) is 54.1 Å². The molecule has 36 heteroatoms. The van der Waals surface area contributed by atoms with Crippen molar-refractivity contribution in [2.75, 3.05) is 70.9 Å². The summed E-state index contributed by atoms with van der Waals surface area (Å²) in [5, 5.41) is 50.6. The van der Waals surface area contributed by atoms with E-state index in [-0.39, 0.29) is 181 Å². The van der Waals surface area contributed by atoms with Crippen LogP contribution in [0.25, 0.3) is 0 Å². The van der Waals surface area contributed by atoms with E-state index in [1.165, 1.54) is 48.7 Å². The second-order valence-corrected chi connectivity index (χ2v) is 25.0. The van der Waals surface area contributed by atoms with Crippen molar-refractivity contribution in [2.45, 2.75) is 107 Å². The van der Waals surface area contributed by atoms with E-state index in [0.29, 0.717) is 16.8 Å². The van der Waals surface area contributed by atoms with E-state index < -0.39 is 151 Å². The van der Waals surface area contributed by atoms with Crippen LogP contribution in [0.1, 0.15) is 56.4 Å². The van der Waals surface area contributed by atoms with Crippen molar-refractivity contribution in [1.29, 1.82) is 0 Å². The number of H-pyrrole nitrogens is 1. The zero-order valence-electron chi connectivity index (χ0n) is 53.0. The molecule has 15 N–H and O–H groups in total. The molecule has 2 saturated heterocycles. The molecule has 2 aliphatic heterocycles. The van der Waals surface area contributed by atoms with Crippen molar-refractivity contribution in [3.8, 4) is 5.75 Å². The van der Waals surface area contributed by atoms with Crippen molar-refractivity contribution in [1.82, 2.24) is 83.6 Å². The maximum Gasteiger partial charge on any atom is 0.305 e. The van der Waals surface area contributed by atoms with Crippen molar-refractivity contribution < 1.29 is 157 Å². The molecular formula is C60H82Gd2N16O16S2-2. The number of carbonyl (C=O) groups excluding carboxylic acids is 13. The number of phenols is 1. The van der Waals surface area contributed by atoms with Gasteiger partial charge in [0.25, 0.3) is 0 Å². The smallest absolute Gasteiger partial charge is 0.305 e. The van der Waals surface area contributed by atoms with Crippen LogP contribution in [0, 0.1) is 99.6 Å². The Bertz CT molecular complexity index is 3120. The number of hydrogen-bond donors (Lipinski definition) is 15. The molecule has 528 valence electrons. The van der Waals surface area contributed by atoms with Crippen molar-refractivity contribution in [3.63, 3.8) is 0 Å². The molecule has 0 radical (unpaired) electrons. The number of hydrogen-bond acceptors (Lipinski definition) is 19. The largest absolute Gasteiger partial charge is 0.508 e. The van der Waals surface area contributed by atoms with Crippen LogP contribution >= 0.6 is 21.6 Å². The number of aromatic amines is 1. The Hall–Kier alpha value is -6.92. The van der Waals surface area contributed by atoms with Gasteiger partial charge in [-0.3, -0.25) is 62.4 Å². The molecule has 0 bridgehead atoms. The molecule has 1 aromatic heterocycles. The molecule has 96 heavy (non-hydrogen) atoms. The van der Waals surface area contributed by atoms with Gasteiger partial charge in [0.2, 0.25) is 65.0 Å². The van der Waals surface area contributed by atoms with E-state index in [2.05, 4.69) is 87.6 Å². The number of imidazole rings is 1. The van der Waals surface area contributed by atoms with E-state index in [0.717, 1.165) is 21.6 Å². The Morgan fingerprint density at radius 2 is 1.29 bits per heavy atom. The first-order chi connectivity index (χ1) is 44.8. The minimum absolute atomic E-state index is 0. The summed E-state index contributed by atoms with van der Waals surface area (Å²) in [5.74, 6) is -12.6. The average molecular weight is 1660 g/mol. The van der Waals surface area contributed by atoms with Crippen molar-refractivity contribution in [2.24, 2.45) is 5.92 Å². The number of likely N-dealkylation sites (N-methyl/N-ethyl adjacent to an activating group) is 1. The summed E-state index contributed by atoms with van der Waals surface area (Å²) in [6, 6.07) is 2.42. The molecular weight excluding hydrogens is 1580 g/mol. The molecule has 2 fully saturated rings. The topological polar surface area (TPSA) is 459 Å². The second-order valence-electron chi connectivity index (χ2n) is 22.5.